The molecule has 2 N–H and O–H groups in total. The molecule has 2 aromatic rings. The third-order valence-corrected chi connectivity index (χ3v) is 5.88. The molecule has 7 heteroatoms. The standard InChI is InChI=1S/C21H28N2O4S/c1-3-17(18-8-6-5-7-9-18)16-22-21(24)14-15-23-28(25,26)20-12-10-19(11-13-20)27-4-2/h5-13,17,23H,3-4,14-16H2,1-2H3,(H,22,24). The van der Waals surface area contributed by atoms with Crippen LogP contribution in [0.25, 0.3) is 0 Å². The highest BCUT2D eigenvalue weighted by Gasteiger charge is 2.15. The predicted octanol–water partition coefficient (Wildman–Crippen LogP) is 3.06. The van der Waals surface area contributed by atoms with Crippen molar-refractivity contribution in [2.24, 2.45) is 0 Å². The molecule has 0 bridgehead atoms. The summed E-state index contributed by atoms with van der Waals surface area (Å²) in [5, 5.41) is 2.89. The van der Waals surface area contributed by atoms with Gasteiger partial charge in [-0.05, 0) is 43.2 Å². The first-order valence-corrected chi connectivity index (χ1v) is 11.0. The summed E-state index contributed by atoms with van der Waals surface area (Å²) in [5.74, 6) is 0.680. The van der Waals surface area contributed by atoms with E-state index >= 15 is 0 Å². The van der Waals surface area contributed by atoms with Gasteiger partial charge in [-0.15, -0.1) is 0 Å². The lowest BCUT2D eigenvalue weighted by atomic mass is 9.96. The third kappa shape index (κ3) is 6.65. The van der Waals surface area contributed by atoms with E-state index in [1.807, 2.05) is 37.3 Å². The Morgan fingerprint density at radius 2 is 1.71 bits per heavy atom. The van der Waals surface area contributed by atoms with Gasteiger partial charge >= 0.3 is 0 Å². The quantitative estimate of drug-likeness (QED) is 0.603. The summed E-state index contributed by atoms with van der Waals surface area (Å²) in [6, 6.07) is 16.2. The van der Waals surface area contributed by atoms with Crippen molar-refractivity contribution in [3.63, 3.8) is 0 Å². The highest BCUT2D eigenvalue weighted by molar-refractivity contribution is 7.89. The van der Waals surface area contributed by atoms with Gasteiger partial charge in [0.2, 0.25) is 15.9 Å². The molecule has 152 valence electrons. The van der Waals surface area contributed by atoms with Crippen molar-refractivity contribution >= 4 is 15.9 Å². The van der Waals surface area contributed by atoms with Crippen LogP contribution in [-0.4, -0.2) is 34.0 Å². The zero-order valence-electron chi connectivity index (χ0n) is 16.4. The largest absolute Gasteiger partial charge is 0.494 e. The van der Waals surface area contributed by atoms with Crippen molar-refractivity contribution in [2.45, 2.75) is 37.5 Å². The van der Waals surface area contributed by atoms with E-state index in [-0.39, 0.29) is 29.7 Å². The zero-order chi connectivity index (χ0) is 20.4. The number of carbonyl (C=O) groups is 1. The normalized spacial score (nSPS) is 12.4. The molecule has 0 radical (unpaired) electrons. The van der Waals surface area contributed by atoms with Gasteiger partial charge in [0.15, 0.2) is 0 Å². The average Bonchev–Trinajstić information content (AvgIpc) is 2.70. The van der Waals surface area contributed by atoms with Crippen LogP contribution < -0.4 is 14.8 Å². The lowest BCUT2D eigenvalue weighted by Crippen LogP contribution is -2.32. The molecule has 6 nitrogen and oxygen atoms in total. The second-order valence-corrected chi connectivity index (χ2v) is 8.14. The first-order chi connectivity index (χ1) is 13.5. The number of hydrogen-bond acceptors (Lipinski definition) is 4. The molecule has 0 aliphatic carbocycles. The molecule has 0 spiro atoms. The number of hydrogen-bond donors (Lipinski definition) is 2. The summed E-state index contributed by atoms with van der Waals surface area (Å²) in [6.45, 7) is 5.03. The molecule has 1 amide bonds. The molecule has 0 heterocycles. The minimum atomic E-state index is -3.65. The molecule has 2 aromatic carbocycles. The molecule has 0 aromatic heterocycles. The fraction of sp³-hybridized carbons (Fsp3) is 0.381. The number of rotatable bonds is 11. The van der Waals surface area contributed by atoms with E-state index in [1.165, 1.54) is 17.7 Å². The summed E-state index contributed by atoms with van der Waals surface area (Å²) in [7, 11) is -3.65. The molecule has 2 rings (SSSR count). The number of benzene rings is 2. The van der Waals surface area contributed by atoms with Crippen LogP contribution in [0.2, 0.25) is 0 Å². The summed E-state index contributed by atoms with van der Waals surface area (Å²) >= 11 is 0. The maximum absolute atomic E-state index is 12.3. The maximum Gasteiger partial charge on any atom is 0.240 e. The van der Waals surface area contributed by atoms with Crippen molar-refractivity contribution in [3.05, 3.63) is 60.2 Å². The van der Waals surface area contributed by atoms with Gasteiger partial charge < -0.3 is 10.1 Å². The lowest BCUT2D eigenvalue weighted by Gasteiger charge is -2.16. The minimum Gasteiger partial charge on any atom is -0.494 e. The zero-order valence-corrected chi connectivity index (χ0v) is 17.2. The second-order valence-electron chi connectivity index (χ2n) is 6.37. The first-order valence-electron chi connectivity index (χ1n) is 9.50. The van der Waals surface area contributed by atoms with E-state index in [2.05, 4.69) is 17.0 Å². The smallest absolute Gasteiger partial charge is 0.240 e. The fourth-order valence-corrected chi connectivity index (χ4v) is 3.84. The van der Waals surface area contributed by atoms with Gasteiger partial charge in [-0.3, -0.25) is 4.79 Å². The van der Waals surface area contributed by atoms with Gasteiger partial charge in [0, 0.05) is 25.4 Å². The molecular weight excluding hydrogens is 376 g/mol. The molecule has 0 aliphatic heterocycles. The summed E-state index contributed by atoms with van der Waals surface area (Å²) in [4.78, 5) is 12.2. The molecule has 1 atom stereocenters. The molecule has 0 saturated heterocycles. The van der Waals surface area contributed by atoms with Gasteiger partial charge in [-0.1, -0.05) is 37.3 Å². The summed E-state index contributed by atoms with van der Waals surface area (Å²) < 4.78 is 32.4. The highest BCUT2D eigenvalue weighted by atomic mass is 32.2. The number of sulfonamides is 1. The van der Waals surface area contributed by atoms with Crippen LogP contribution in [0.5, 0.6) is 5.75 Å². The average molecular weight is 405 g/mol. The Kier molecular flexibility index (Phi) is 8.47. The maximum atomic E-state index is 12.3. The summed E-state index contributed by atoms with van der Waals surface area (Å²) in [6.07, 6.45) is 0.996. The lowest BCUT2D eigenvalue weighted by molar-refractivity contribution is -0.121. The Morgan fingerprint density at radius 1 is 1.04 bits per heavy atom. The van der Waals surface area contributed by atoms with Crippen molar-refractivity contribution in [2.75, 3.05) is 19.7 Å². The molecule has 0 saturated carbocycles. The van der Waals surface area contributed by atoms with Crippen LogP contribution >= 0.6 is 0 Å². The van der Waals surface area contributed by atoms with E-state index in [9.17, 15) is 13.2 Å². The van der Waals surface area contributed by atoms with Crippen molar-refractivity contribution in [1.29, 1.82) is 0 Å². The monoisotopic (exact) mass is 404 g/mol. The number of nitrogens with one attached hydrogen (secondary N) is 2. The topological polar surface area (TPSA) is 84.5 Å². The molecular formula is C21H28N2O4S. The Bertz CT molecular complexity index is 836. The Morgan fingerprint density at radius 3 is 2.32 bits per heavy atom. The Hall–Kier alpha value is -2.38. The predicted molar refractivity (Wildman–Crippen MR) is 110 cm³/mol. The number of amides is 1. The van der Waals surface area contributed by atoms with Crippen molar-refractivity contribution in [1.82, 2.24) is 10.0 Å². The van der Waals surface area contributed by atoms with E-state index in [0.29, 0.717) is 18.9 Å². The van der Waals surface area contributed by atoms with Gasteiger partial charge in [0.05, 0.1) is 11.5 Å². The van der Waals surface area contributed by atoms with Crippen molar-refractivity contribution in [3.8, 4) is 5.75 Å². The van der Waals surface area contributed by atoms with Crippen LogP contribution in [0.1, 0.15) is 38.2 Å². The Balaban J connectivity index is 1.79. The Labute approximate surface area is 167 Å². The van der Waals surface area contributed by atoms with E-state index in [0.717, 1.165) is 6.42 Å². The van der Waals surface area contributed by atoms with Crippen LogP contribution in [0.3, 0.4) is 0 Å². The summed E-state index contributed by atoms with van der Waals surface area (Å²) in [5.41, 5.74) is 1.18. The van der Waals surface area contributed by atoms with Gasteiger partial charge in [0.1, 0.15) is 5.75 Å². The minimum absolute atomic E-state index is 0.0451. The molecule has 0 fully saturated rings. The SMILES string of the molecule is CCOc1ccc(S(=O)(=O)NCCC(=O)NCC(CC)c2ccccc2)cc1. The first kappa shape index (κ1) is 21.9. The van der Waals surface area contributed by atoms with E-state index in [1.54, 1.807) is 12.1 Å². The van der Waals surface area contributed by atoms with Crippen LogP contribution in [0.15, 0.2) is 59.5 Å². The van der Waals surface area contributed by atoms with Crippen molar-refractivity contribution < 1.29 is 17.9 Å². The van der Waals surface area contributed by atoms with Crippen LogP contribution in [0, 0.1) is 0 Å². The fourth-order valence-electron chi connectivity index (χ4n) is 2.81. The number of ether oxygens (including phenoxy) is 1. The molecule has 1 unspecified atom stereocenters. The van der Waals surface area contributed by atoms with Gasteiger partial charge in [-0.25, -0.2) is 13.1 Å². The van der Waals surface area contributed by atoms with E-state index < -0.39 is 10.0 Å². The van der Waals surface area contributed by atoms with Crippen LogP contribution in [-0.2, 0) is 14.8 Å². The second kappa shape index (κ2) is 10.8. The van der Waals surface area contributed by atoms with Gasteiger partial charge in [-0.2, -0.15) is 0 Å². The highest BCUT2D eigenvalue weighted by Crippen LogP contribution is 2.18. The molecule has 28 heavy (non-hydrogen) atoms. The van der Waals surface area contributed by atoms with Crippen LogP contribution in [0.4, 0.5) is 0 Å². The van der Waals surface area contributed by atoms with E-state index in [4.69, 9.17) is 4.74 Å². The third-order valence-electron chi connectivity index (χ3n) is 4.40. The molecule has 0 aliphatic rings. The number of carbonyl (C=O) groups excluding carboxylic acids is 1. The van der Waals surface area contributed by atoms with Gasteiger partial charge in [0.25, 0.3) is 0 Å².